The van der Waals surface area contributed by atoms with Gasteiger partial charge in [-0.15, -0.1) is 13.2 Å². The van der Waals surface area contributed by atoms with Gasteiger partial charge in [-0.25, -0.2) is 9.97 Å². The Morgan fingerprint density at radius 3 is 2.25 bits per heavy atom. The molecule has 1 aliphatic rings. The molecular formula is C24H24F3N5O4. The molecule has 3 aromatic rings. The molecule has 1 saturated heterocycles. The van der Waals surface area contributed by atoms with Crippen molar-refractivity contribution < 1.29 is 32.2 Å². The highest BCUT2D eigenvalue weighted by Crippen LogP contribution is 2.29. The van der Waals surface area contributed by atoms with Gasteiger partial charge in [-0.05, 0) is 42.5 Å². The van der Waals surface area contributed by atoms with Gasteiger partial charge in [0, 0.05) is 43.5 Å². The van der Waals surface area contributed by atoms with Gasteiger partial charge in [0.15, 0.2) is 11.5 Å². The van der Waals surface area contributed by atoms with Gasteiger partial charge in [0.25, 0.3) is 5.91 Å². The van der Waals surface area contributed by atoms with Crippen molar-refractivity contribution in [3.8, 4) is 17.2 Å². The summed E-state index contributed by atoms with van der Waals surface area (Å²) in [5.74, 6) is 1.79. The second kappa shape index (κ2) is 10.6. The molecule has 1 N–H and O–H groups in total. The van der Waals surface area contributed by atoms with E-state index in [9.17, 15) is 18.0 Å². The number of halogens is 3. The van der Waals surface area contributed by atoms with Crippen LogP contribution < -0.4 is 24.4 Å². The highest BCUT2D eigenvalue weighted by molar-refractivity contribution is 5.95. The van der Waals surface area contributed by atoms with E-state index >= 15 is 0 Å². The van der Waals surface area contributed by atoms with Crippen molar-refractivity contribution in [2.24, 2.45) is 0 Å². The second-order valence-corrected chi connectivity index (χ2v) is 7.81. The normalized spacial score (nSPS) is 13.8. The molecule has 0 atom stereocenters. The van der Waals surface area contributed by atoms with E-state index in [0.717, 1.165) is 0 Å². The number of amides is 1. The van der Waals surface area contributed by atoms with E-state index in [0.29, 0.717) is 60.6 Å². The number of carbonyl (C=O) groups excluding carboxylic acids is 1. The van der Waals surface area contributed by atoms with Crippen LogP contribution in [0.15, 0.2) is 54.9 Å². The van der Waals surface area contributed by atoms with Crippen LogP contribution in [0.5, 0.6) is 17.2 Å². The van der Waals surface area contributed by atoms with Crippen molar-refractivity contribution in [3.05, 3.63) is 60.4 Å². The maximum absolute atomic E-state index is 13.0. The van der Waals surface area contributed by atoms with Gasteiger partial charge in [-0.1, -0.05) is 0 Å². The molecule has 0 spiro atoms. The molecule has 190 valence electrons. The fourth-order valence-corrected chi connectivity index (χ4v) is 3.77. The molecule has 36 heavy (non-hydrogen) atoms. The Morgan fingerprint density at radius 2 is 1.61 bits per heavy atom. The van der Waals surface area contributed by atoms with Crippen LogP contribution in [0.2, 0.25) is 0 Å². The molecule has 0 radical (unpaired) electrons. The number of rotatable bonds is 7. The number of benzene rings is 2. The van der Waals surface area contributed by atoms with Gasteiger partial charge in [-0.3, -0.25) is 4.79 Å². The van der Waals surface area contributed by atoms with Crippen molar-refractivity contribution in [1.82, 2.24) is 14.9 Å². The number of anilines is 3. The predicted molar refractivity (Wildman–Crippen MR) is 126 cm³/mol. The number of carbonyl (C=O) groups is 1. The number of nitrogens with one attached hydrogen (secondary N) is 1. The molecule has 12 heteroatoms. The van der Waals surface area contributed by atoms with Crippen molar-refractivity contribution >= 4 is 23.2 Å². The first-order valence-corrected chi connectivity index (χ1v) is 11.0. The summed E-state index contributed by atoms with van der Waals surface area (Å²) >= 11 is 0. The molecule has 2 heterocycles. The van der Waals surface area contributed by atoms with Crippen LogP contribution >= 0.6 is 0 Å². The minimum atomic E-state index is -4.74. The summed E-state index contributed by atoms with van der Waals surface area (Å²) in [5.41, 5.74) is 1.06. The monoisotopic (exact) mass is 503 g/mol. The van der Waals surface area contributed by atoms with Crippen LogP contribution in [0.4, 0.5) is 30.5 Å². The van der Waals surface area contributed by atoms with Gasteiger partial charge < -0.3 is 29.3 Å². The minimum Gasteiger partial charge on any atom is -0.493 e. The van der Waals surface area contributed by atoms with E-state index in [2.05, 4.69) is 20.0 Å². The predicted octanol–water partition coefficient (Wildman–Crippen LogP) is 4.10. The summed E-state index contributed by atoms with van der Waals surface area (Å²) in [6.45, 7) is 2.14. The fraction of sp³-hybridized carbons (Fsp3) is 0.292. The Kier molecular flexibility index (Phi) is 7.32. The summed E-state index contributed by atoms with van der Waals surface area (Å²) in [5, 5.41) is 3.04. The van der Waals surface area contributed by atoms with E-state index in [1.165, 1.54) is 44.8 Å². The average Bonchev–Trinajstić information content (AvgIpc) is 2.88. The van der Waals surface area contributed by atoms with Crippen molar-refractivity contribution in [2.45, 2.75) is 6.36 Å². The summed E-state index contributed by atoms with van der Waals surface area (Å²) in [6.07, 6.45) is -3.34. The Morgan fingerprint density at radius 1 is 0.917 bits per heavy atom. The van der Waals surface area contributed by atoms with E-state index in [4.69, 9.17) is 9.47 Å². The lowest BCUT2D eigenvalue weighted by Gasteiger charge is -2.35. The topological polar surface area (TPSA) is 89.1 Å². The zero-order valence-corrected chi connectivity index (χ0v) is 19.6. The third-order valence-corrected chi connectivity index (χ3v) is 5.53. The molecule has 2 aromatic carbocycles. The molecule has 1 amide bonds. The number of hydrogen-bond donors (Lipinski definition) is 1. The second-order valence-electron chi connectivity index (χ2n) is 7.81. The zero-order chi connectivity index (χ0) is 25.7. The first-order chi connectivity index (χ1) is 17.3. The lowest BCUT2D eigenvalue weighted by molar-refractivity contribution is -0.274. The van der Waals surface area contributed by atoms with E-state index in [-0.39, 0.29) is 11.7 Å². The fourth-order valence-electron chi connectivity index (χ4n) is 3.77. The number of alkyl halides is 3. The van der Waals surface area contributed by atoms with Gasteiger partial charge in [0.1, 0.15) is 23.7 Å². The Labute approximate surface area is 205 Å². The molecule has 1 aliphatic heterocycles. The molecule has 9 nitrogen and oxygen atoms in total. The van der Waals surface area contributed by atoms with Crippen molar-refractivity contribution in [3.63, 3.8) is 0 Å². The van der Waals surface area contributed by atoms with Gasteiger partial charge in [-0.2, -0.15) is 0 Å². The van der Waals surface area contributed by atoms with Crippen LogP contribution in [0.1, 0.15) is 10.4 Å². The van der Waals surface area contributed by atoms with E-state index < -0.39 is 6.36 Å². The van der Waals surface area contributed by atoms with Crippen LogP contribution in [-0.4, -0.2) is 67.5 Å². The number of hydrogen-bond acceptors (Lipinski definition) is 8. The zero-order valence-electron chi connectivity index (χ0n) is 19.6. The van der Waals surface area contributed by atoms with Crippen LogP contribution in [0, 0.1) is 0 Å². The molecule has 1 aromatic heterocycles. The van der Waals surface area contributed by atoms with Crippen LogP contribution in [-0.2, 0) is 0 Å². The van der Waals surface area contributed by atoms with Crippen LogP contribution in [0.3, 0.4) is 0 Å². The Balaban J connectivity index is 1.36. The van der Waals surface area contributed by atoms with Crippen molar-refractivity contribution in [1.29, 1.82) is 0 Å². The van der Waals surface area contributed by atoms with Crippen molar-refractivity contribution in [2.75, 3.05) is 50.6 Å². The first kappa shape index (κ1) is 24.9. The summed E-state index contributed by atoms with van der Waals surface area (Å²) in [7, 11) is 3.06. The molecule has 0 aliphatic carbocycles. The smallest absolute Gasteiger partial charge is 0.493 e. The molecule has 0 saturated carbocycles. The number of ether oxygens (including phenoxy) is 3. The van der Waals surface area contributed by atoms with E-state index in [1.807, 2.05) is 4.90 Å². The number of piperazine rings is 1. The molecular weight excluding hydrogens is 479 g/mol. The summed E-state index contributed by atoms with van der Waals surface area (Å²) < 4.78 is 51.4. The summed E-state index contributed by atoms with van der Waals surface area (Å²) in [4.78, 5) is 25.3. The Hall–Kier alpha value is -4.22. The highest BCUT2D eigenvalue weighted by atomic mass is 19.4. The van der Waals surface area contributed by atoms with Gasteiger partial charge in [0.2, 0.25) is 0 Å². The molecule has 1 fully saturated rings. The lowest BCUT2D eigenvalue weighted by Crippen LogP contribution is -2.49. The molecule has 4 rings (SSSR count). The number of nitrogens with zero attached hydrogens (tertiary/aromatic N) is 4. The Bertz CT molecular complexity index is 1200. The van der Waals surface area contributed by atoms with Crippen LogP contribution in [0.25, 0.3) is 0 Å². The maximum Gasteiger partial charge on any atom is 0.573 e. The third kappa shape index (κ3) is 6.06. The number of aromatic nitrogens is 2. The quantitative estimate of drug-likeness (QED) is 0.516. The van der Waals surface area contributed by atoms with E-state index in [1.54, 1.807) is 29.2 Å². The summed E-state index contributed by atoms with van der Waals surface area (Å²) in [6, 6.07) is 12.2. The molecule has 0 bridgehead atoms. The molecule has 0 unspecified atom stereocenters. The van der Waals surface area contributed by atoms with Gasteiger partial charge >= 0.3 is 6.36 Å². The van der Waals surface area contributed by atoms with Gasteiger partial charge in [0.05, 0.1) is 14.2 Å². The first-order valence-electron chi connectivity index (χ1n) is 11.0. The highest BCUT2D eigenvalue weighted by Gasteiger charge is 2.31. The third-order valence-electron chi connectivity index (χ3n) is 5.53. The SMILES string of the molecule is COc1ccc(C(=O)N2CCN(c3cc(Nc4ccc(OC(F)(F)F)cc4)ncn3)CC2)cc1OC. The maximum atomic E-state index is 13.0. The largest absolute Gasteiger partial charge is 0.573 e. The lowest BCUT2D eigenvalue weighted by atomic mass is 10.1. The standard InChI is InChI=1S/C24H24F3N5O4/c1-34-19-8-3-16(13-20(19)35-2)23(33)32-11-9-31(10-12-32)22-14-21(28-15-29-22)30-17-4-6-18(7-5-17)36-24(25,26)27/h3-8,13-15H,9-12H2,1-2H3,(H,28,29,30). The minimum absolute atomic E-state index is 0.0985. The average molecular weight is 503 g/mol. The number of methoxy groups -OCH3 is 2.